The Bertz CT molecular complexity index is 1680. The first-order valence-corrected chi connectivity index (χ1v) is 16.9. The highest BCUT2D eigenvalue weighted by Gasteiger charge is 2.56. The number of fused-ring (bicyclic) bond motifs is 3. The van der Waals surface area contributed by atoms with Crippen LogP contribution in [0, 0.1) is 29.0 Å². The van der Waals surface area contributed by atoms with Crippen LogP contribution < -0.4 is 26.2 Å². The fraction of sp³-hybridized carbons (Fsp3) is 0.595. The summed E-state index contributed by atoms with van der Waals surface area (Å²) in [5.74, 6) is 2.85. The molecule has 0 unspecified atom stereocenters. The van der Waals surface area contributed by atoms with Gasteiger partial charge in [-0.15, -0.1) is 0 Å². The summed E-state index contributed by atoms with van der Waals surface area (Å²) in [6.07, 6.45) is 6.32. The topological polar surface area (TPSA) is 92.6 Å². The fourth-order valence-electron chi connectivity index (χ4n) is 8.81. The normalized spacial score (nSPS) is 26.8. The first-order valence-electron chi connectivity index (χ1n) is 16.9. The van der Waals surface area contributed by atoms with Crippen LogP contribution in [-0.4, -0.2) is 45.8 Å². The maximum absolute atomic E-state index is 14.5. The van der Waals surface area contributed by atoms with Crippen molar-refractivity contribution in [1.29, 1.82) is 0 Å². The SMILES string of the molecule is COc1ccc(CCn2cnc3cc(NC(=N[C@H]4C[C@@H]5C[C@H]([C@@H]4C)C5(C)C)NC4CC(C)(C)NC(C)(C)C4)ccc3c2=O)c(F)c1. The van der Waals surface area contributed by atoms with E-state index in [1.165, 1.54) is 19.6 Å². The third kappa shape index (κ3) is 6.53. The maximum atomic E-state index is 14.5. The monoisotopic (exact) mass is 630 g/mol. The molecule has 0 spiro atoms. The van der Waals surface area contributed by atoms with Crippen molar-refractivity contribution in [3.8, 4) is 5.75 Å². The molecule has 3 aromatic rings. The smallest absolute Gasteiger partial charge is 0.261 e. The zero-order valence-corrected chi connectivity index (χ0v) is 28.7. The number of anilines is 1. The lowest BCUT2D eigenvalue weighted by atomic mass is 9.45. The average molecular weight is 631 g/mol. The van der Waals surface area contributed by atoms with Gasteiger partial charge in [-0.3, -0.25) is 9.36 Å². The predicted octanol–water partition coefficient (Wildman–Crippen LogP) is 6.52. The summed E-state index contributed by atoms with van der Waals surface area (Å²) >= 11 is 0. The molecule has 3 N–H and O–H groups in total. The molecule has 8 nitrogen and oxygen atoms in total. The van der Waals surface area contributed by atoms with Gasteiger partial charge in [0.15, 0.2) is 5.96 Å². The lowest BCUT2D eigenvalue weighted by Crippen LogP contribution is -2.62. The molecular formula is C37H51FN6O2. The van der Waals surface area contributed by atoms with Crippen molar-refractivity contribution < 1.29 is 9.13 Å². The van der Waals surface area contributed by atoms with E-state index in [9.17, 15) is 9.18 Å². The zero-order chi connectivity index (χ0) is 33.0. The van der Waals surface area contributed by atoms with E-state index in [1.54, 1.807) is 23.0 Å². The van der Waals surface area contributed by atoms with Crippen LogP contribution in [0.2, 0.25) is 0 Å². The van der Waals surface area contributed by atoms with E-state index in [1.807, 2.05) is 18.2 Å². The summed E-state index contributed by atoms with van der Waals surface area (Å²) in [7, 11) is 1.51. The Morgan fingerprint density at radius 1 is 1.09 bits per heavy atom. The predicted molar refractivity (Wildman–Crippen MR) is 184 cm³/mol. The fourth-order valence-corrected chi connectivity index (χ4v) is 8.81. The van der Waals surface area contributed by atoms with Crippen LogP contribution in [-0.2, 0) is 13.0 Å². The highest BCUT2D eigenvalue weighted by atomic mass is 19.1. The first-order chi connectivity index (χ1) is 21.6. The zero-order valence-electron chi connectivity index (χ0n) is 28.7. The van der Waals surface area contributed by atoms with Gasteiger partial charge in [-0.2, -0.15) is 0 Å². The third-order valence-corrected chi connectivity index (χ3v) is 11.1. The summed E-state index contributed by atoms with van der Waals surface area (Å²) in [6.45, 7) is 16.6. The van der Waals surface area contributed by atoms with Crippen LogP contribution >= 0.6 is 0 Å². The van der Waals surface area contributed by atoms with Gasteiger partial charge in [-0.25, -0.2) is 14.4 Å². The van der Waals surface area contributed by atoms with E-state index in [-0.39, 0.29) is 34.5 Å². The molecule has 46 heavy (non-hydrogen) atoms. The summed E-state index contributed by atoms with van der Waals surface area (Å²) in [4.78, 5) is 23.4. The number of methoxy groups -OCH3 is 1. The molecule has 1 aromatic heterocycles. The van der Waals surface area contributed by atoms with E-state index >= 15 is 0 Å². The largest absolute Gasteiger partial charge is 0.497 e. The highest BCUT2D eigenvalue weighted by molar-refractivity contribution is 5.96. The van der Waals surface area contributed by atoms with Crippen LogP contribution in [0.3, 0.4) is 0 Å². The standard InChI is InChI=1S/C37H51FN6O2/c1-22-29-15-24(37(29,6)7)16-31(22)42-34(41-26-19-35(2,3)43-36(4,5)20-26)40-25-10-12-28-32(17-25)39-21-44(33(28)45)14-13-23-9-11-27(46-8)18-30(23)38/h9-12,17-18,21-22,24,26,29,31,43H,13-16,19-20H2,1-8H3,(H2,40,41,42)/t22-,24-,29+,31-/m0/s1. The van der Waals surface area contributed by atoms with Crippen LogP contribution in [0.1, 0.15) is 79.7 Å². The lowest BCUT2D eigenvalue weighted by molar-refractivity contribution is -0.108. The van der Waals surface area contributed by atoms with Crippen LogP contribution in [0.4, 0.5) is 10.1 Å². The Hall–Kier alpha value is -3.46. The number of hydrogen-bond donors (Lipinski definition) is 3. The number of ether oxygens (including phenoxy) is 1. The average Bonchev–Trinajstić information content (AvgIpc) is 2.96. The molecule has 7 rings (SSSR count). The van der Waals surface area contributed by atoms with Crippen molar-refractivity contribution >= 4 is 22.5 Å². The second-order valence-electron chi connectivity index (χ2n) is 16.0. The summed E-state index contributed by atoms with van der Waals surface area (Å²) in [6, 6.07) is 11.0. The second-order valence-corrected chi connectivity index (χ2v) is 16.0. The van der Waals surface area contributed by atoms with E-state index in [4.69, 9.17) is 9.73 Å². The van der Waals surface area contributed by atoms with Crippen molar-refractivity contribution in [2.24, 2.45) is 28.2 Å². The quantitative estimate of drug-likeness (QED) is 0.203. The molecule has 2 bridgehead atoms. The van der Waals surface area contributed by atoms with E-state index in [0.29, 0.717) is 58.4 Å². The molecule has 1 aliphatic heterocycles. The molecule has 1 saturated heterocycles. The molecule has 3 aliphatic carbocycles. The number of halogens is 1. The summed E-state index contributed by atoms with van der Waals surface area (Å²) in [5, 5.41) is 11.7. The number of nitrogens with zero attached hydrogens (tertiary/aromatic N) is 3. The number of hydrogen-bond acceptors (Lipinski definition) is 5. The van der Waals surface area contributed by atoms with Gasteiger partial charge in [0.2, 0.25) is 0 Å². The number of benzene rings is 2. The lowest BCUT2D eigenvalue weighted by Gasteiger charge is -2.61. The number of rotatable bonds is 7. The molecule has 9 heteroatoms. The van der Waals surface area contributed by atoms with Crippen molar-refractivity contribution in [2.75, 3.05) is 12.4 Å². The Labute approximate surface area is 272 Å². The molecule has 4 atom stereocenters. The maximum Gasteiger partial charge on any atom is 0.261 e. The number of nitrogens with one attached hydrogen (secondary N) is 3. The first kappa shape index (κ1) is 32.5. The minimum absolute atomic E-state index is 0.000222. The van der Waals surface area contributed by atoms with Gasteiger partial charge in [-0.1, -0.05) is 26.8 Å². The van der Waals surface area contributed by atoms with Gasteiger partial charge in [0.05, 0.1) is 30.4 Å². The molecule has 248 valence electrons. The Morgan fingerprint density at radius 3 is 2.48 bits per heavy atom. The van der Waals surface area contributed by atoms with Gasteiger partial charge in [-0.05, 0) is 113 Å². The Balaban J connectivity index is 1.23. The Morgan fingerprint density at radius 2 is 1.83 bits per heavy atom. The van der Waals surface area contributed by atoms with E-state index < -0.39 is 0 Å². The van der Waals surface area contributed by atoms with Crippen molar-refractivity contribution in [3.63, 3.8) is 0 Å². The minimum atomic E-state index is -0.345. The van der Waals surface area contributed by atoms with Crippen molar-refractivity contribution in [3.05, 3.63) is 64.5 Å². The number of aryl methyl sites for hydroxylation is 2. The van der Waals surface area contributed by atoms with E-state index in [2.05, 4.69) is 69.4 Å². The highest BCUT2D eigenvalue weighted by Crippen LogP contribution is 2.61. The van der Waals surface area contributed by atoms with Crippen LogP contribution in [0.15, 0.2) is 52.5 Å². The van der Waals surface area contributed by atoms with Gasteiger partial charge < -0.3 is 20.7 Å². The number of guanidine groups is 1. The van der Waals surface area contributed by atoms with Crippen LogP contribution in [0.25, 0.3) is 10.9 Å². The molecule has 2 aromatic carbocycles. The Kier molecular flexibility index (Phi) is 8.45. The van der Waals surface area contributed by atoms with Gasteiger partial charge in [0.25, 0.3) is 5.56 Å². The van der Waals surface area contributed by atoms with Crippen molar-refractivity contribution in [2.45, 2.75) is 110 Å². The van der Waals surface area contributed by atoms with Crippen molar-refractivity contribution in [1.82, 2.24) is 20.2 Å². The van der Waals surface area contributed by atoms with Crippen LogP contribution in [0.5, 0.6) is 5.75 Å². The third-order valence-electron chi connectivity index (χ3n) is 11.1. The number of aromatic nitrogens is 2. The molecule has 0 radical (unpaired) electrons. The van der Waals surface area contributed by atoms with E-state index in [0.717, 1.165) is 30.9 Å². The molecule has 2 heterocycles. The molecule has 4 aliphatic rings. The summed E-state index contributed by atoms with van der Waals surface area (Å²) in [5.41, 5.74) is 2.23. The van der Waals surface area contributed by atoms with Gasteiger partial charge >= 0.3 is 0 Å². The van der Waals surface area contributed by atoms with Gasteiger partial charge in [0, 0.05) is 35.4 Å². The minimum Gasteiger partial charge on any atom is -0.497 e. The molecule has 3 saturated carbocycles. The molecule has 0 amide bonds. The molecular weight excluding hydrogens is 579 g/mol. The second kappa shape index (κ2) is 12.0. The van der Waals surface area contributed by atoms with Gasteiger partial charge in [0.1, 0.15) is 11.6 Å². The number of piperidine rings is 1. The number of aliphatic imine (C=N–C) groups is 1. The summed E-state index contributed by atoms with van der Waals surface area (Å²) < 4.78 is 21.1. The molecule has 4 fully saturated rings.